The van der Waals surface area contributed by atoms with Gasteiger partial charge >= 0.3 is 0 Å². The zero-order chi connectivity index (χ0) is 13.8. The van der Waals surface area contributed by atoms with Crippen molar-refractivity contribution in [1.29, 1.82) is 0 Å². The van der Waals surface area contributed by atoms with E-state index in [-0.39, 0.29) is 0 Å². The quantitative estimate of drug-likeness (QED) is 0.845. The Hall–Kier alpha value is -1.48. The van der Waals surface area contributed by atoms with E-state index in [1.165, 1.54) is 0 Å². The lowest BCUT2D eigenvalue weighted by atomic mass is 10.1. The molecule has 0 aliphatic carbocycles. The number of aryl methyl sites for hydroxylation is 1. The van der Waals surface area contributed by atoms with Crippen LogP contribution in [0.25, 0.3) is 11.4 Å². The van der Waals surface area contributed by atoms with Crippen LogP contribution in [0.1, 0.15) is 18.3 Å². The van der Waals surface area contributed by atoms with Crippen molar-refractivity contribution in [3.63, 3.8) is 0 Å². The molecule has 0 amide bonds. The van der Waals surface area contributed by atoms with E-state index < -0.39 is 0 Å². The largest absolute Gasteiger partial charge is 0.497 e. The molecule has 4 heteroatoms. The van der Waals surface area contributed by atoms with Gasteiger partial charge in [0.25, 0.3) is 0 Å². The van der Waals surface area contributed by atoms with Gasteiger partial charge in [-0.3, -0.25) is 0 Å². The molecule has 0 radical (unpaired) electrons. The summed E-state index contributed by atoms with van der Waals surface area (Å²) in [6.45, 7) is 4.19. The highest BCUT2D eigenvalue weighted by Crippen LogP contribution is 2.22. The molecule has 0 saturated carbocycles. The van der Waals surface area contributed by atoms with E-state index in [0.717, 1.165) is 34.9 Å². The molecule has 1 heterocycles. The summed E-state index contributed by atoms with van der Waals surface area (Å²) in [6, 6.07) is 7.89. The standard InChI is InChI=1S/C15H19ClN2O/c1-10(9-16)8-14-11(2)17-15(18-14)12-4-6-13(19-3)7-5-12/h4-7,10H,8-9H2,1-3H3,(H,17,18). The Bertz CT molecular complexity index is 534. The summed E-state index contributed by atoms with van der Waals surface area (Å²) in [5, 5.41) is 0. The van der Waals surface area contributed by atoms with E-state index in [2.05, 4.69) is 23.8 Å². The number of imidazole rings is 1. The van der Waals surface area contributed by atoms with E-state index in [1.54, 1.807) is 7.11 Å². The van der Waals surface area contributed by atoms with Crippen molar-refractivity contribution in [1.82, 2.24) is 9.97 Å². The van der Waals surface area contributed by atoms with Gasteiger partial charge in [0.1, 0.15) is 11.6 Å². The number of rotatable bonds is 5. The number of aromatic nitrogens is 2. The number of halogens is 1. The molecule has 2 rings (SSSR count). The first kappa shape index (κ1) is 13.9. The molecule has 102 valence electrons. The Balaban J connectivity index is 2.23. The highest BCUT2D eigenvalue weighted by atomic mass is 35.5. The van der Waals surface area contributed by atoms with Gasteiger partial charge in [0, 0.05) is 17.1 Å². The molecule has 0 aliphatic rings. The molecule has 1 aromatic carbocycles. The molecule has 19 heavy (non-hydrogen) atoms. The highest BCUT2D eigenvalue weighted by molar-refractivity contribution is 6.18. The van der Waals surface area contributed by atoms with Crippen molar-refractivity contribution >= 4 is 11.6 Å². The van der Waals surface area contributed by atoms with Crippen LogP contribution in [0, 0.1) is 12.8 Å². The number of benzene rings is 1. The zero-order valence-corrected chi connectivity index (χ0v) is 12.3. The molecule has 1 unspecified atom stereocenters. The second-order valence-corrected chi connectivity index (χ2v) is 5.16. The first-order valence-corrected chi connectivity index (χ1v) is 6.93. The molecule has 1 atom stereocenters. The molecule has 0 aliphatic heterocycles. The lowest BCUT2D eigenvalue weighted by Gasteiger charge is -2.04. The molecule has 0 spiro atoms. The maximum absolute atomic E-state index is 5.86. The van der Waals surface area contributed by atoms with E-state index >= 15 is 0 Å². The summed E-state index contributed by atoms with van der Waals surface area (Å²) in [5.41, 5.74) is 3.27. The SMILES string of the molecule is COc1ccc(-c2nc(CC(C)CCl)c(C)[nH]2)cc1. The molecule has 1 aromatic heterocycles. The van der Waals surface area contributed by atoms with Crippen molar-refractivity contribution in [3.8, 4) is 17.1 Å². The van der Waals surface area contributed by atoms with Gasteiger partial charge < -0.3 is 9.72 Å². The maximum Gasteiger partial charge on any atom is 0.137 e. The van der Waals surface area contributed by atoms with Crippen LogP contribution in [0.15, 0.2) is 24.3 Å². The number of hydrogen-bond donors (Lipinski definition) is 1. The number of methoxy groups -OCH3 is 1. The predicted octanol–water partition coefficient (Wildman–Crippen LogP) is 3.81. The first-order valence-electron chi connectivity index (χ1n) is 6.40. The third kappa shape index (κ3) is 3.29. The van der Waals surface area contributed by atoms with E-state index in [9.17, 15) is 0 Å². The first-order chi connectivity index (χ1) is 9.13. The van der Waals surface area contributed by atoms with Crippen LogP contribution in [0.2, 0.25) is 0 Å². The molecule has 0 saturated heterocycles. The Kier molecular flexibility index (Phi) is 4.48. The van der Waals surface area contributed by atoms with Gasteiger partial charge in [-0.1, -0.05) is 6.92 Å². The average molecular weight is 279 g/mol. The van der Waals surface area contributed by atoms with Gasteiger partial charge in [-0.25, -0.2) is 4.98 Å². The number of nitrogens with one attached hydrogen (secondary N) is 1. The van der Waals surface area contributed by atoms with Gasteiger partial charge in [-0.2, -0.15) is 0 Å². The van der Waals surface area contributed by atoms with Gasteiger partial charge in [-0.15, -0.1) is 11.6 Å². The van der Waals surface area contributed by atoms with Gasteiger partial charge in [0.15, 0.2) is 0 Å². The maximum atomic E-state index is 5.86. The van der Waals surface area contributed by atoms with Crippen molar-refractivity contribution in [2.45, 2.75) is 20.3 Å². The minimum atomic E-state index is 0.437. The zero-order valence-electron chi connectivity index (χ0n) is 11.5. The lowest BCUT2D eigenvalue weighted by molar-refractivity contribution is 0.415. The van der Waals surface area contributed by atoms with Crippen molar-refractivity contribution in [3.05, 3.63) is 35.7 Å². The van der Waals surface area contributed by atoms with Crippen molar-refractivity contribution in [2.24, 2.45) is 5.92 Å². The summed E-state index contributed by atoms with van der Waals surface area (Å²) in [7, 11) is 1.66. The minimum Gasteiger partial charge on any atom is -0.497 e. The normalized spacial score (nSPS) is 12.4. The molecule has 2 aromatic rings. The number of hydrogen-bond acceptors (Lipinski definition) is 2. The number of alkyl halides is 1. The predicted molar refractivity (Wildman–Crippen MR) is 78.9 cm³/mol. The summed E-state index contributed by atoms with van der Waals surface area (Å²) in [5.74, 6) is 2.84. The van der Waals surface area contributed by atoms with Crippen LogP contribution in [0.3, 0.4) is 0 Å². The van der Waals surface area contributed by atoms with Gasteiger partial charge in [-0.05, 0) is 43.5 Å². The fourth-order valence-electron chi connectivity index (χ4n) is 1.97. The summed E-state index contributed by atoms with van der Waals surface area (Å²) in [6.07, 6.45) is 0.905. The lowest BCUT2D eigenvalue weighted by Crippen LogP contribution is -2.02. The van der Waals surface area contributed by atoms with Crippen molar-refractivity contribution in [2.75, 3.05) is 13.0 Å². The fraction of sp³-hybridized carbons (Fsp3) is 0.400. The second-order valence-electron chi connectivity index (χ2n) is 4.85. The Morgan fingerprint density at radius 2 is 2.00 bits per heavy atom. The minimum absolute atomic E-state index is 0.437. The van der Waals surface area contributed by atoms with Crippen LogP contribution >= 0.6 is 11.6 Å². The van der Waals surface area contributed by atoms with Crippen LogP contribution in [-0.4, -0.2) is 23.0 Å². The smallest absolute Gasteiger partial charge is 0.137 e. The number of H-pyrrole nitrogens is 1. The second kappa shape index (κ2) is 6.11. The Morgan fingerprint density at radius 3 is 2.58 bits per heavy atom. The van der Waals surface area contributed by atoms with Gasteiger partial charge in [0.2, 0.25) is 0 Å². The summed E-state index contributed by atoms with van der Waals surface area (Å²) < 4.78 is 5.16. The van der Waals surface area contributed by atoms with E-state index in [4.69, 9.17) is 16.3 Å². The van der Waals surface area contributed by atoms with Crippen molar-refractivity contribution < 1.29 is 4.74 Å². The molecule has 0 fully saturated rings. The molecule has 3 nitrogen and oxygen atoms in total. The highest BCUT2D eigenvalue weighted by Gasteiger charge is 2.11. The molecule has 0 bridgehead atoms. The molecular weight excluding hydrogens is 260 g/mol. The fourth-order valence-corrected chi connectivity index (χ4v) is 2.07. The molecule has 1 N–H and O–H groups in total. The van der Waals surface area contributed by atoms with Gasteiger partial charge in [0.05, 0.1) is 12.8 Å². The third-order valence-electron chi connectivity index (χ3n) is 3.15. The number of nitrogens with zero attached hydrogens (tertiary/aromatic N) is 1. The monoisotopic (exact) mass is 278 g/mol. The molecular formula is C15H19ClN2O. The Morgan fingerprint density at radius 1 is 1.32 bits per heavy atom. The third-order valence-corrected chi connectivity index (χ3v) is 3.68. The summed E-state index contributed by atoms with van der Waals surface area (Å²) in [4.78, 5) is 8.00. The van der Waals surface area contributed by atoms with E-state index in [1.807, 2.05) is 24.3 Å². The van der Waals surface area contributed by atoms with Crippen LogP contribution < -0.4 is 4.74 Å². The van der Waals surface area contributed by atoms with Crippen LogP contribution in [0.5, 0.6) is 5.75 Å². The Labute approximate surface area is 119 Å². The number of ether oxygens (including phenoxy) is 1. The van der Waals surface area contributed by atoms with E-state index in [0.29, 0.717) is 11.8 Å². The average Bonchev–Trinajstić information content (AvgIpc) is 2.80. The number of aromatic amines is 1. The van der Waals surface area contributed by atoms with Crippen LogP contribution in [-0.2, 0) is 6.42 Å². The summed E-state index contributed by atoms with van der Waals surface area (Å²) >= 11 is 5.86. The van der Waals surface area contributed by atoms with Crippen LogP contribution in [0.4, 0.5) is 0 Å². The topological polar surface area (TPSA) is 37.9 Å².